The number of carbonyl (C=O) groups is 1. The van der Waals surface area contributed by atoms with Crippen molar-refractivity contribution in [2.75, 3.05) is 26.2 Å². The van der Waals surface area contributed by atoms with Gasteiger partial charge in [0.2, 0.25) is 5.76 Å². The molecular weight excluding hydrogens is 383 g/mol. The number of para-hydroxylation sites is 1. The lowest BCUT2D eigenvalue weighted by Gasteiger charge is -2.26. The highest BCUT2D eigenvalue weighted by Gasteiger charge is 2.43. The number of carbonyl (C=O) groups excluding carboxylic acids is 1. The topological polar surface area (TPSA) is 53.8 Å². The molecule has 1 aliphatic heterocycles. The summed E-state index contributed by atoms with van der Waals surface area (Å²) in [5, 5.41) is 0.399. The van der Waals surface area contributed by atoms with Gasteiger partial charge in [-0.2, -0.15) is 0 Å². The van der Waals surface area contributed by atoms with E-state index in [1.807, 2.05) is 0 Å². The summed E-state index contributed by atoms with van der Waals surface area (Å²) in [5.41, 5.74) is 0.633. The molecule has 0 spiro atoms. The minimum absolute atomic E-state index is 0.0230. The first kappa shape index (κ1) is 20.3. The molecule has 0 bridgehead atoms. The summed E-state index contributed by atoms with van der Waals surface area (Å²) in [6.45, 7) is 7.27. The van der Waals surface area contributed by atoms with E-state index in [4.69, 9.17) is 4.42 Å². The van der Waals surface area contributed by atoms with Gasteiger partial charge in [-0.15, -0.1) is 0 Å². The van der Waals surface area contributed by atoms with Crippen LogP contribution in [0.15, 0.2) is 57.7 Å². The van der Waals surface area contributed by atoms with Gasteiger partial charge in [-0.05, 0) is 44.3 Å². The van der Waals surface area contributed by atoms with E-state index in [9.17, 15) is 14.0 Å². The lowest BCUT2D eigenvalue weighted by atomic mass is 9.98. The molecule has 4 rings (SSSR count). The molecule has 1 atom stereocenters. The molecule has 2 aromatic carbocycles. The van der Waals surface area contributed by atoms with Crippen molar-refractivity contribution in [3.8, 4) is 0 Å². The number of hydrogen-bond acceptors (Lipinski definition) is 4. The predicted octanol–water partition coefficient (Wildman–Crippen LogP) is 4.21. The Morgan fingerprint density at radius 1 is 1.03 bits per heavy atom. The maximum Gasteiger partial charge on any atom is 0.290 e. The third-order valence-corrected chi connectivity index (χ3v) is 5.84. The van der Waals surface area contributed by atoms with E-state index in [-0.39, 0.29) is 22.7 Å². The molecule has 0 fully saturated rings. The summed E-state index contributed by atoms with van der Waals surface area (Å²) in [5.74, 6) is -0.778. The highest BCUT2D eigenvalue weighted by Crippen LogP contribution is 2.39. The quantitative estimate of drug-likeness (QED) is 0.588. The zero-order chi connectivity index (χ0) is 21.3. The van der Waals surface area contributed by atoms with E-state index in [2.05, 4.69) is 18.7 Å². The van der Waals surface area contributed by atoms with Crippen molar-refractivity contribution in [3.05, 3.63) is 81.5 Å². The summed E-state index contributed by atoms with van der Waals surface area (Å²) in [6, 6.07) is 12.4. The van der Waals surface area contributed by atoms with Gasteiger partial charge < -0.3 is 14.2 Å². The van der Waals surface area contributed by atoms with E-state index in [0.717, 1.165) is 26.1 Å². The molecule has 2 heterocycles. The fourth-order valence-corrected chi connectivity index (χ4v) is 4.22. The van der Waals surface area contributed by atoms with Gasteiger partial charge in [0.1, 0.15) is 11.4 Å². The van der Waals surface area contributed by atoms with Gasteiger partial charge in [-0.1, -0.05) is 44.2 Å². The van der Waals surface area contributed by atoms with Gasteiger partial charge in [0.15, 0.2) is 5.43 Å². The number of halogens is 1. The second kappa shape index (κ2) is 8.40. The smallest absolute Gasteiger partial charge is 0.290 e. The highest BCUT2D eigenvalue weighted by molar-refractivity contribution is 5.99. The zero-order valence-corrected chi connectivity index (χ0v) is 17.2. The molecule has 30 heavy (non-hydrogen) atoms. The molecule has 156 valence electrons. The molecule has 6 heteroatoms. The van der Waals surface area contributed by atoms with Gasteiger partial charge in [0.05, 0.1) is 17.0 Å². The lowest BCUT2D eigenvalue weighted by Crippen LogP contribution is -2.33. The summed E-state index contributed by atoms with van der Waals surface area (Å²) in [7, 11) is 0. The maximum absolute atomic E-state index is 14.8. The molecule has 0 aliphatic carbocycles. The predicted molar refractivity (Wildman–Crippen MR) is 114 cm³/mol. The van der Waals surface area contributed by atoms with Gasteiger partial charge >= 0.3 is 0 Å². The Morgan fingerprint density at radius 2 is 1.73 bits per heavy atom. The summed E-state index contributed by atoms with van der Waals surface area (Å²) in [6.07, 6.45) is 0.722. The van der Waals surface area contributed by atoms with E-state index in [1.165, 1.54) is 6.07 Å². The number of fused-ring (bicyclic) bond motifs is 2. The number of hydrogen-bond donors (Lipinski definition) is 0. The molecule has 5 nitrogen and oxygen atoms in total. The van der Waals surface area contributed by atoms with Crippen LogP contribution in [0.4, 0.5) is 4.39 Å². The first-order valence-corrected chi connectivity index (χ1v) is 10.4. The van der Waals surface area contributed by atoms with Crippen molar-refractivity contribution in [3.63, 3.8) is 0 Å². The second-order valence-electron chi connectivity index (χ2n) is 7.47. The van der Waals surface area contributed by atoms with Crippen molar-refractivity contribution >= 4 is 16.9 Å². The van der Waals surface area contributed by atoms with Gasteiger partial charge in [-0.25, -0.2) is 4.39 Å². The van der Waals surface area contributed by atoms with E-state index in [0.29, 0.717) is 23.1 Å². The lowest BCUT2D eigenvalue weighted by molar-refractivity contribution is 0.0718. The van der Waals surface area contributed by atoms with Gasteiger partial charge in [-0.3, -0.25) is 9.59 Å². The minimum Gasteiger partial charge on any atom is -0.450 e. The van der Waals surface area contributed by atoms with Crippen LogP contribution in [0.3, 0.4) is 0 Å². The average molecular weight is 408 g/mol. The highest BCUT2D eigenvalue weighted by atomic mass is 19.1. The Morgan fingerprint density at radius 3 is 2.47 bits per heavy atom. The normalized spacial score (nSPS) is 15.9. The molecule has 0 saturated heterocycles. The number of rotatable bonds is 7. The molecule has 0 radical (unpaired) electrons. The summed E-state index contributed by atoms with van der Waals surface area (Å²) >= 11 is 0. The average Bonchev–Trinajstić information content (AvgIpc) is 3.04. The van der Waals surface area contributed by atoms with Crippen LogP contribution in [0.1, 0.15) is 48.0 Å². The van der Waals surface area contributed by atoms with Crippen LogP contribution < -0.4 is 5.43 Å². The largest absolute Gasteiger partial charge is 0.450 e. The maximum atomic E-state index is 14.8. The third-order valence-electron chi connectivity index (χ3n) is 5.84. The molecule has 0 N–H and O–H groups in total. The zero-order valence-electron chi connectivity index (χ0n) is 17.2. The molecule has 3 aromatic rings. The van der Waals surface area contributed by atoms with Crippen LogP contribution >= 0.6 is 0 Å². The van der Waals surface area contributed by atoms with Crippen molar-refractivity contribution in [2.24, 2.45) is 0 Å². The Bertz CT molecular complexity index is 1140. The van der Waals surface area contributed by atoms with Crippen LogP contribution in [-0.4, -0.2) is 41.9 Å². The van der Waals surface area contributed by atoms with E-state index >= 15 is 0 Å². The summed E-state index contributed by atoms with van der Waals surface area (Å²) < 4.78 is 20.6. The van der Waals surface area contributed by atoms with Gasteiger partial charge in [0, 0.05) is 12.1 Å². The first-order valence-electron chi connectivity index (χ1n) is 10.4. The second-order valence-corrected chi connectivity index (χ2v) is 7.47. The molecule has 1 aromatic heterocycles. The van der Waals surface area contributed by atoms with Crippen LogP contribution in [-0.2, 0) is 0 Å². The SMILES string of the molecule is CCN(CC)CCCN1C(=O)c2oc3ccccc3c(=O)c2C1c1ccccc1F. The Hall–Kier alpha value is -2.99. The van der Waals surface area contributed by atoms with Crippen LogP contribution in [0.2, 0.25) is 0 Å². The minimum atomic E-state index is -0.786. The van der Waals surface area contributed by atoms with Crippen molar-refractivity contribution in [1.29, 1.82) is 0 Å². The van der Waals surface area contributed by atoms with Crippen LogP contribution in [0.25, 0.3) is 11.0 Å². The Kier molecular flexibility index (Phi) is 5.68. The number of amides is 1. The van der Waals surface area contributed by atoms with E-state index < -0.39 is 11.9 Å². The fraction of sp³-hybridized carbons (Fsp3) is 0.333. The monoisotopic (exact) mass is 408 g/mol. The molecular formula is C24H25FN2O3. The Labute approximate surface area is 174 Å². The fourth-order valence-electron chi connectivity index (χ4n) is 4.22. The summed E-state index contributed by atoms with van der Waals surface area (Å²) in [4.78, 5) is 30.4. The van der Waals surface area contributed by atoms with Crippen molar-refractivity contribution in [1.82, 2.24) is 9.80 Å². The molecule has 1 unspecified atom stereocenters. The standard InChI is InChI=1S/C24H25FN2O3/c1-3-26(4-2)14-9-15-27-21(16-10-5-7-12-18(16)25)20-22(28)17-11-6-8-13-19(17)30-23(20)24(27)29/h5-8,10-13,21H,3-4,9,14-15H2,1-2H3. The van der Waals surface area contributed by atoms with E-state index in [1.54, 1.807) is 47.4 Å². The number of benzene rings is 2. The van der Waals surface area contributed by atoms with Crippen molar-refractivity contribution < 1.29 is 13.6 Å². The number of nitrogens with zero attached hydrogens (tertiary/aromatic N) is 2. The molecule has 1 amide bonds. The van der Waals surface area contributed by atoms with Gasteiger partial charge in [0.25, 0.3) is 5.91 Å². The van der Waals surface area contributed by atoms with Crippen LogP contribution in [0, 0.1) is 5.82 Å². The first-order chi connectivity index (χ1) is 14.6. The van der Waals surface area contributed by atoms with Crippen molar-refractivity contribution in [2.45, 2.75) is 26.3 Å². The molecule has 1 aliphatic rings. The van der Waals surface area contributed by atoms with Crippen LogP contribution in [0.5, 0.6) is 0 Å². The Balaban J connectivity index is 1.80. The third kappa shape index (κ3) is 3.41. The molecule has 0 saturated carbocycles.